The lowest BCUT2D eigenvalue weighted by Crippen LogP contribution is -2.23. The molecular weight excluding hydrogens is 324 g/mol. The molecule has 0 aliphatic heterocycles. The summed E-state index contributed by atoms with van der Waals surface area (Å²) in [5.74, 6) is 0.938. The van der Waals surface area contributed by atoms with Gasteiger partial charge in [-0.1, -0.05) is 29.8 Å². The molecule has 0 N–H and O–H groups in total. The maximum atomic E-state index is 6.25. The first-order chi connectivity index (χ1) is 9.00. The van der Waals surface area contributed by atoms with Gasteiger partial charge < -0.3 is 4.90 Å². The highest BCUT2D eigenvalue weighted by Gasteiger charge is 2.16. The number of benzene rings is 1. The Morgan fingerprint density at radius 2 is 1.89 bits per heavy atom. The molecule has 0 spiro atoms. The SMILES string of the molecule is Cc1nc(N(C)C(C)c2ccccc2Cl)ccc1Br. The van der Waals surface area contributed by atoms with E-state index < -0.39 is 0 Å². The van der Waals surface area contributed by atoms with Crippen LogP contribution in [-0.4, -0.2) is 12.0 Å². The van der Waals surface area contributed by atoms with Gasteiger partial charge in [0.25, 0.3) is 0 Å². The number of rotatable bonds is 3. The van der Waals surface area contributed by atoms with Gasteiger partial charge in [-0.25, -0.2) is 4.98 Å². The fourth-order valence-corrected chi connectivity index (χ4v) is 2.46. The minimum absolute atomic E-state index is 0.168. The predicted octanol–water partition coefficient (Wildman–Crippen LogP) is 5.00. The Morgan fingerprint density at radius 3 is 2.53 bits per heavy atom. The molecular formula is C15H16BrClN2. The number of nitrogens with zero attached hydrogens (tertiary/aromatic N) is 2. The summed E-state index contributed by atoms with van der Waals surface area (Å²) < 4.78 is 1.02. The molecule has 0 radical (unpaired) electrons. The van der Waals surface area contributed by atoms with Crippen molar-refractivity contribution in [3.8, 4) is 0 Å². The standard InChI is InChI=1S/C15H16BrClN2/c1-10-13(16)8-9-15(18-10)19(3)11(2)12-6-4-5-7-14(12)17/h4-9,11H,1-3H3. The zero-order chi connectivity index (χ0) is 14.0. The number of hydrogen-bond donors (Lipinski definition) is 0. The number of hydrogen-bond acceptors (Lipinski definition) is 2. The van der Waals surface area contributed by atoms with Gasteiger partial charge in [-0.2, -0.15) is 0 Å². The van der Waals surface area contributed by atoms with Crippen molar-refractivity contribution in [1.82, 2.24) is 4.98 Å². The lowest BCUT2D eigenvalue weighted by molar-refractivity contribution is 0.727. The van der Waals surface area contributed by atoms with Crippen LogP contribution in [0, 0.1) is 6.92 Å². The summed E-state index contributed by atoms with van der Waals surface area (Å²) >= 11 is 9.72. The van der Waals surface area contributed by atoms with E-state index in [-0.39, 0.29) is 6.04 Å². The molecule has 19 heavy (non-hydrogen) atoms. The summed E-state index contributed by atoms with van der Waals surface area (Å²) in [5.41, 5.74) is 2.09. The summed E-state index contributed by atoms with van der Waals surface area (Å²) in [6, 6.07) is 12.1. The molecule has 1 aromatic carbocycles. The van der Waals surface area contributed by atoms with Crippen molar-refractivity contribution in [2.24, 2.45) is 0 Å². The predicted molar refractivity (Wildman–Crippen MR) is 84.9 cm³/mol. The molecule has 2 nitrogen and oxygen atoms in total. The van der Waals surface area contributed by atoms with E-state index in [2.05, 4.69) is 38.8 Å². The molecule has 2 rings (SSSR count). The van der Waals surface area contributed by atoms with Crippen molar-refractivity contribution >= 4 is 33.3 Å². The van der Waals surface area contributed by atoms with Gasteiger partial charge in [-0.3, -0.25) is 0 Å². The average Bonchev–Trinajstić information content (AvgIpc) is 2.41. The molecule has 100 valence electrons. The largest absolute Gasteiger partial charge is 0.353 e. The van der Waals surface area contributed by atoms with Gasteiger partial charge in [0.15, 0.2) is 0 Å². The fraction of sp³-hybridized carbons (Fsp3) is 0.267. The van der Waals surface area contributed by atoms with Crippen molar-refractivity contribution in [3.63, 3.8) is 0 Å². The molecule has 0 saturated heterocycles. The van der Waals surface area contributed by atoms with E-state index >= 15 is 0 Å². The van der Waals surface area contributed by atoms with E-state index in [0.29, 0.717) is 0 Å². The van der Waals surface area contributed by atoms with Crippen molar-refractivity contribution in [2.45, 2.75) is 19.9 Å². The molecule has 4 heteroatoms. The lowest BCUT2D eigenvalue weighted by atomic mass is 10.1. The highest BCUT2D eigenvalue weighted by Crippen LogP contribution is 2.29. The third-order valence-corrected chi connectivity index (χ3v) is 4.49. The van der Waals surface area contributed by atoms with E-state index in [1.165, 1.54) is 0 Å². The first-order valence-corrected chi connectivity index (χ1v) is 7.28. The van der Waals surface area contributed by atoms with Gasteiger partial charge in [-0.05, 0) is 53.5 Å². The van der Waals surface area contributed by atoms with E-state index in [0.717, 1.165) is 26.6 Å². The minimum atomic E-state index is 0.168. The van der Waals surface area contributed by atoms with Crippen LogP contribution in [0.2, 0.25) is 5.02 Å². The van der Waals surface area contributed by atoms with E-state index in [9.17, 15) is 0 Å². The summed E-state index contributed by atoms with van der Waals surface area (Å²) in [7, 11) is 2.03. The smallest absolute Gasteiger partial charge is 0.129 e. The number of halogens is 2. The second-order valence-corrected chi connectivity index (χ2v) is 5.81. The third-order valence-electron chi connectivity index (χ3n) is 3.30. The molecule has 1 heterocycles. The van der Waals surface area contributed by atoms with Crippen LogP contribution >= 0.6 is 27.5 Å². The second kappa shape index (κ2) is 5.93. The maximum absolute atomic E-state index is 6.25. The first kappa shape index (κ1) is 14.4. The summed E-state index contributed by atoms with van der Waals surface area (Å²) in [6.45, 7) is 4.11. The van der Waals surface area contributed by atoms with Crippen molar-refractivity contribution in [2.75, 3.05) is 11.9 Å². The van der Waals surface area contributed by atoms with Gasteiger partial charge in [0.1, 0.15) is 5.82 Å². The van der Waals surface area contributed by atoms with Crippen LogP contribution in [0.15, 0.2) is 40.9 Å². The normalized spacial score (nSPS) is 12.3. The van der Waals surface area contributed by atoms with E-state index in [4.69, 9.17) is 11.6 Å². The van der Waals surface area contributed by atoms with E-state index in [1.807, 2.05) is 44.3 Å². The quantitative estimate of drug-likeness (QED) is 0.782. The minimum Gasteiger partial charge on any atom is -0.353 e. The fourth-order valence-electron chi connectivity index (χ4n) is 1.95. The van der Waals surface area contributed by atoms with Gasteiger partial charge in [0.2, 0.25) is 0 Å². The molecule has 0 fully saturated rings. The van der Waals surface area contributed by atoms with Crippen LogP contribution in [0.4, 0.5) is 5.82 Å². The number of anilines is 1. The molecule has 0 amide bonds. The lowest BCUT2D eigenvalue weighted by Gasteiger charge is -2.27. The molecule has 0 bridgehead atoms. The zero-order valence-electron chi connectivity index (χ0n) is 11.2. The van der Waals surface area contributed by atoms with Crippen LogP contribution in [0.1, 0.15) is 24.2 Å². The summed E-state index contributed by atoms with van der Waals surface area (Å²) in [5, 5.41) is 0.788. The summed E-state index contributed by atoms with van der Waals surface area (Å²) in [4.78, 5) is 6.71. The zero-order valence-corrected chi connectivity index (χ0v) is 13.5. The summed E-state index contributed by atoms with van der Waals surface area (Å²) in [6.07, 6.45) is 0. The third kappa shape index (κ3) is 3.10. The topological polar surface area (TPSA) is 16.1 Å². The van der Waals surface area contributed by atoms with E-state index in [1.54, 1.807) is 0 Å². The van der Waals surface area contributed by atoms with Gasteiger partial charge in [0, 0.05) is 16.5 Å². The molecule has 0 aliphatic carbocycles. The second-order valence-electron chi connectivity index (χ2n) is 4.55. The monoisotopic (exact) mass is 338 g/mol. The maximum Gasteiger partial charge on any atom is 0.129 e. The van der Waals surface area contributed by atoms with Crippen molar-refractivity contribution in [1.29, 1.82) is 0 Å². The Kier molecular flexibility index (Phi) is 4.48. The average molecular weight is 340 g/mol. The van der Waals surface area contributed by atoms with Crippen molar-refractivity contribution in [3.05, 3.63) is 57.2 Å². The highest BCUT2D eigenvalue weighted by molar-refractivity contribution is 9.10. The molecule has 2 aromatic rings. The van der Waals surface area contributed by atoms with Crippen LogP contribution in [0.3, 0.4) is 0 Å². The molecule has 0 saturated carbocycles. The molecule has 1 aromatic heterocycles. The van der Waals surface area contributed by atoms with Crippen molar-refractivity contribution < 1.29 is 0 Å². The Labute approximate surface area is 127 Å². The Morgan fingerprint density at radius 1 is 1.21 bits per heavy atom. The Hall–Kier alpha value is -1.06. The van der Waals surface area contributed by atoms with Crippen LogP contribution < -0.4 is 4.90 Å². The molecule has 1 unspecified atom stereocenters. The Bertz CT molecular complexity index is 586. The molecule has 0 aliphatic rings. The molecule has 1 atom stereocenters. The van der Waals surface area contributed by atoms with Crippen LogP contribution in [-0.2, 0) is 0 Å². The Balaban J connectivity index is 2.31. The number of aromatic nitrogens is 1. The van der Waals surface area contributed by atoms with Gasteiger partial charge >= 0.3 is 0 Å². The van der Waals surface area contributed by atoms with Gasteiger partial charge in [0.05, 0.1) is 11.7 Å². The first-order valence-electron chi connectivity index (χ1n) is 6.11. The number of pyridine rings is 1. The van der Waals surface area contributed by atoms with Gasteiger partial charge in [-0.15, -0.1) is 0 Å². The highest BCUT2D eigenvalue weighted by atomic mass is 79.9. The van der Waals surface area contributed by atoms with Crippen LogP contribution in [0.25, 0.3) is 0 Å². The number of aryl methyl sites for hydroxylation is 1. The van der Waals surface area contributed by atoms with Crippen LogP contribution in [0.5, 0.6) is 0 Å².